The zero-order valence-electron chi connectivity index (χ0n) is 14.3. The molecule has 1 saturated heterocycles. The van der Waals surface area contributed by atoms with Gasteiger partial charge in [0, 0.05) is 29.2 Å². The topological polar surface area (TPSA) is 63.7 Å². The number of hydrogen-bond acceptors (Lipinski definition) is 4. The Balaban J connectivity index is 1.58. The van der Waals surface area contributed by atoms with Crippen LogP contribution < -0.4 is 4.90 Å². The number of ketones is 1. The third kappa shape index (κ3) is 4.11. The summed E-state index contributed by atoms with van der Waals surface area (Å²) in [5, 5.41) is 0.519. The van der Waals surface area contributed by atoms with E-state index in [0.717, 1.165) is 5.56 Å². The Morgan fingerprint density at radius 2 is 1.92 bits per heavy atom. The van der Waals surface area contributed by atoms with E-state index in [2.05, 4.69) is 0 Å². The Hall–Kier alpha value is -2.66. The van der Waals surface area contributed by atoms with Crippen molar-refractivity contribution in [1.29, 1.82) is 0 Å². The molecule has 6 heteroatoms. The van der Waals surface area contributed by atoms with E-state index >= 15 is 0 Å². The highest BCUT2D eigenvalue weighted by atomic mass is 35.5. The minimum Gasteiger partial charge on any atom is -0.457 e. The number of hydrogen-bond donors (Lipinski definition) is 0. The van der Waals surface area contributed by atoms with E-state index in [4.69, 9.17) is 16.3 Å². The highest BCUT2D eigenvalue weighted by Gasteiger charge is 2.36. The van der Waals surface area contributed by atoms with Crippen LogP contribution in [0.25, 0.3) is 0 Å². The van der Waals surface area contributed by atoms with E-state index in [1.54, 1.807) is 36.4 Å². The van der Waals surface area contributed by atoms with E-state index in [1.807, 2.05) is 19.1 Å². The molecule has 26 heavy (non-hydrogen) atoms. The summed E-state index contributed by atoms with van der Waals surface area (Å²) < 4.78 is 5.14. The summed E-state index contributed by atoms with van der Waals surface area (Å²) in [6, 6.07) is 14.0. The van der Waals surface area contributed by atoms with Crippen LogP contribution in [0, 0.1) is 12.8 Å². The van der Waals surface area contributed by atoms with Crippen LogP contribution in [-0.2, 0) is 14.3 Å². The van der Waals surface area contributed by atoms with Crippen LogP contribution in [0.4, 0.5) is 5.69 Å². The summed E-state index contributed by atoms with van der Waals surface area (Å²) >= 11 is 5.96. The van der Waals surface area contributed by atoms with Crippen molar-refractivity contribution in [2.45, 2.75) is 13.3 Å². The van der Waals surface area contributed by atoms with Crippen LogP contribution in [-0.4, -0.2) is 30.8 Å². The van der Waals surface area contributed by atoms with Gasteiger partial charge in [0.15, 0.2) is 12.4 Å². The Morgan fingerprint density at radius 1 is 1.19 bits per heavy atom. The summed E-state index contributed by atoms with van der Waals surface area (Å²) in [6.07, 6.45) is 0.0596. The number of anilines is 1. The lowest BCUT2D eigenvalue weighted by molar-refractivity contribution is -0.147. The normalized spacial score (nSPS) is 16.6. The van der Waals surface area contributed by atoms with Gasteiger partial charge in [-0.2, -0.15) is 0 Å². The Morgan fingerprint density at radius 3 is 2.62 bits per heavy atom. The van der Waals surface area contributed by atoms with Crippen LogP contribution in [0.3, 0.4) is 0 Å². The summed E-state index contributed by atoms with van der Waals surface area (Å²) in [5.41, 5.74) is 2.18. The maximum absolute atomic E-state index is 12.2. The van der Waals surface area contributed by atoms with Crippen molar-refractivity contribution < 1.29 is 19.1 Å². The van der Waals surface area contributed by atoms with Crippen LogP contribution in [0.1, 0.15) is 22.3 Å². The molecule has 1 unspecified atom stereocenters. The first-order valence-corrected chi connectivity index (χ1v) is 8.64. The Kier molecular flexibility index (Phi) is 5.38. The highest BCUT2D eigenvalue weighted by Crippen LogP contribution is 2.27. The molecular weight excluding hydrogens is 354 g/mol. The predicted octanol–water partition coefficient (Wildman–Crippen LogP) is 3.43. The van der Waals surface area contributed by atoms with Gasteiger partial charge < -0.3 is 9.64 Å². The smallest absolute Gasteiger partial charge is 0.311 e. The highest BCUT2D eigenvalue weighted by molar-refractivity contribution is 6.31. The molecule has 0 aromatic heterocycles. The van der Waals surface area contributed by atoms with Gasteiger partial charge in [0.25, 0.3) is 0 Å². The number of amides is 1. The number of carbonyl (C=O) groups excluding carboxylic acids is 3. The van der Waals surface area contributed by atoms with Gasteiger partial charge in [-0.15, -0.1) is 0 Å². The third-order valence-electron chi connectivity index (χ3n) is 4.30. The molecule has 1 heterocycles. The molecule has 2 aromatic rings. The van der Waals surface area contributed by atoms with E-state index in [0.29, 0.717) is 16.3 Å². The molecule has 0 aliphatic carbocycles. The maximum Gasteiger partial charge on any atom is 0.311 e. The minimum atomic E-state index is -0.590. The zero-order chi connectivity index (χ0) is 18.7. The second-order valence-electron chi connectivity index (χ2n) is 6.28. The molecule has 0 radical (unpaired) electrons. The summed E-state index contributed by atoms with van der Waals surface area (Å²) in [4.78, 5) is 38.1. The molecule has 0 bridgehead atoms. The SMILES string of the molecule is Cc1ccc(C(=O)COC(=O)C2CC(=O)N(c3cccc(Cl)c3)C2)cc1. The van der Waals surface area contributed by atoms with Crippen LogP contribution in [0.5, 0.6) is 0 Å². The summed E-state index contributed by atoms with van der Waals surface area (Å²) in [7, 11) is 0. The predicted molar refractivity (Wildman–Crippen MR) is 98.4 cm³/mol. The summed E-state index contributed by atoms with van der Waals surface area (Å²) in [5.74, 6) is -1.57. The molecule has 0 saturated carbocycles. The van der Waals surface area contributed by atoms with Crippen LogP contribution in [0.15, 0.2) is 48.5 Å². The first kappa shape index (κ1) is 18.1. The van der Waals surface area contributed by atoms with Gasteiger partial charge in [-0.25, -0.2) is 0 Å². The number of aryl methyl sites for hydroxylation is 1. The zero-order valence-corrected chi connectivity index (χ0v) is 15.0. The molecule has 5 nitrogen and oxygen atoms in total. The van der Waals surface area contributed by atoms with E-state index in [-0.39, 0.29) is 31.3 Å². The van der Waals surface area contributed by atoms with Crippen molar-refractivity contribution in [2.75, 3.05) is 18.1 Å². The lowest BCUT2D eigenvalue weighted by Crippen LogP contribution is -2.27. The monoisotopic (exact) mass is 371 g/mol. The number of carbonyl (C=O) groups is 3. The second-order valence-corrected chi connectivity index (χ2v) is 6.72. The summed E-state index contributed by atoms with van der Waals surface area (Å²) in [6.45, 7) is 1.82. The first-order chi connectivity index (χ1) is 12.4. The number of nitrogens with zero attached hydrogens (tertiary/aromatic N) is 1. The number of esters is 1. The van der Waals surface area contributed by atoms with E-state index < -0.39 is 11.9 Å². The quantitative estimate of drug-likeness (QED) is 0.596. The van der Waals surface area contributed by atoms with Crippen LogP contribution in [0.2, 0.25) is 5.02 Å². The largest absolute Gasteiger partial charge is 0.457 e. The van der Waals surface area contributed by atoms with Gasteiger partial charge in [0.2, 0.25) is 5.91 Å². The van der Waals surface area contributed by atoms with Crippen molar-refractivity contribution in [2.24, 2.45) is 5.92 Å². The lowest BCUT2D eigenvalue weighted by Gasteiger charge is -2.16. The Bertz CT molecular complexity index is 847. The fourth-order valence-corrected chi connectivity index (χ4v) is 3.02. The van der Waals surface area contributed by atoms with Gasteiger partial charge in [-0.1, -0.05) is 47.5 Å². The van der Waals surface area contributed by atoms with Crippen molar-refractivity contribution in [3.63, 3.8) is 0 Å². The number of rotatable bonds is 5. The van der Waals surface area contributed by atoms with E-state index in [9.17, 15) is 14.4 Å². The van der Waals surface area contributed by atoms with Crippen molar-refractivity contribution in [3.05, 3.63) is 64.7 Å². The third-order valence-corrected chi connectivity index (χ3v) is 4.53. The average molecular weight is 372 g/mol. The molecule has 134 valence electrons. The molecule has 0 N–H and O–H groups in total. The molecule has 1 aliphatic heterocycles. The first-order valence-electron chi connectivity index (χ1n) is 8.26. The maximum atomic E-state index is 12.2. The number of ether oxygens (including phenoxy) is 1. The van der Waals surface area contributed by atoms with Gasteiger partial charge >= 0.3 is 5.97 Å². The van der Waals surface area contributed by atoms with Gasteiger partial charge in [-0.3, -0.25) is 14.4 Å². The number of benzene rings is 2. The van der Waals surface area contributed by atoms with Gasteiger partial charge in [-0.05, 0) is 25.1 Å². The molecule has 1 fully saturated rings. The number of halogens is 1. The van der Waals surface area contributed by atoms with Crippen LogP contribution >= 0.6 is 11.6 Å². The van der Waals surface area contributed by atoms with E-state index in [1.165, 1.54) is 4.90 Å². The molecule has 3 rings (SSSR count). The fraction of sp³-hybridized carbons (Fsp3) is 0.250. The van der Waals surface area contributed by atoms with Crippen molar-refractivity contribution in [1.82, 2.24) is 0 Å². The molecule has 0 spiro atoms. The molecule has 1 aliphatic rings. The molecule has 1 amide bonds. The second kappa shape index (κ2) is 7.70. The average Bonchev–Trinajstić information content (AvgIpc) is 3.02. The lowest BCUT2D eigenvalue weighted by atomic mass is 10.1. The molecule has 2 aromatic carbocycles. The number of Topliss-reactive ketones (excluding diaryl/α,β-unsaturated/α-hetero) is 1. The molecule has 1 atom stereocenters. The van der Waals surface area contributed by atoms with Crippen molar-refractivity contribution in [3.8, 4) is 0 Å². The van der Waals surface area contributed by atoms with Gasteiger partial charge in [0.1, 0.15) is 0 Å². The minimum absolute atomic E-state index is 0.0596. The van der Waals surface area contributed by atoms with Gasteiger partial charge in [0.05, 0.1) is 5.92 Å². The standard InChI is InChI=1S/C20H18ClNO4/c1-13-5-7-14(8-6-13)18(23)12-26-20(25)15-9-19(24)22(11-15)17-4-2-3-16(21)10-17/h2-8,10,15H,9,11-12H2,1H3. The Labute approximate surface area is 156 Å². The van der Waals surface area contributed by atoms with Crippen molar-refractivity contribution >= 4 is 34.9 Å². The fourth-order valence-electron chi connectivity index (χ4n) is 2.84. The molecular formula is C20H18ClNO4.